The molecule has 2 heterocycles. The number of hydrogen-bond acceptors (Lipinski definition) is 4. The highest BCUT2D eigenvalue weighted by Gasteiger charge is 2.13. The maximum atomic E-state index is 5.88. The fourth-order valence-corrected chi connectivity index (χ4v) is 2.33. The molecule has 0 bridgehead atoms. The Morgan fingerprint density at radius 2 is 1.90 bits per heavy atom. The van der Waals surface area contributed by atoms with Gasteiger partial charge in [-0.3, -0.25) is 0 Å². The predicted octanol–water partition coefficient (Wildman–Crippen LogP) is 3.61. The first kappa shape index (κ1) is 14.0. The van der Waals surface area contributed by atoms with E-state index in [9.17, 15) is 0 Å². The SMILES string of the molecule is CCCNCc1ccc(-c2ccc3c(c2)OCCCO3)o1. The van der Waals surface area contributed by atoms with Gasteiger partial charge in [0.25, 0.3) is 0 Å². The topological polar surface area (TPSA) is 43.6 Å². The second-order valence-electron chi connectivity index (χ2n) is 5.15. The van der Waals surface area contributed by atoms with E-state index >= 15 is 0 Å². The van der Waals surface area contributed by atoms with E-state index in [0.717, 1.165) is 54.5 Å². The van der Waals surface area contributed by atoms with Gasteiger partial charge in [0, 0.05) is 12.0 Å². The molecule has 0 spiro atoms. The number of furan rings is 1. The van der Waals surface area contributed by atoms with Crippen molar-refractivity contribution in [2.45, 2.75) is 26.3 Å². The number of fused-ring (bicyclic) bond motifs is 1. The molecule has 0 radical (unpaired) electrons. The van der Waals surface area contributed by atoms with Crippen LogP contribution in [0.4, 0.5) is 0 Å². The summed E-state index contributed by atoms with van der Waals surface area (Å²) in [4.78, 5) is 0. The van der Waals surface area contributed by atoms with Crippen LogP contribution in [0.3, 0.4) is 0 Å². The number of rotatable bonds is 5. The molecular weight excluding hydrogens is 266 g/mol. The average molecular weight is 287 g/mol. The molecular formula is C17H21NO3. The summed E-state index contributed by atoms with van der Waals surface area (Å²) in [7, 11) is 0. The van der Waals surface area contributed by atoms with E-state index in [1.807, 2.05) is 30.3 Å². The van der Waals surface area contributed by atoms with Crippen LogP contribution in [0.2, 0.25) is 0 Å². The van der Waals surface area contributed by atoms with Gasteiger partial charge in [0.2, 0.25) is 0 Å². The van der Waals surface area contributed by atoms with E-state index in [-0.39, 0.29) is 0 Å². The maximum Gasteiger partial charge on any atom is 0.161 e. The van der Waals surface area contributed by atoms with Crippen molar-refractivity contribution in [3.63, 3.8) is 0 Å². The Kier molecular flexibility index (Phi) is 4.46. The van der Waals surface area contributed by atoms with Gasteiger partial charge in [0.05, 0.1) is 19.8 Å². The second kappa shape index (κ2) is 6.68. The molecule has 21 heavy (non-hydrogen) atoms. The van der Waals surface area contributed by atoms with Gasteiger partial charge in [0.15, 0.2) is 11.5 Å². The van der Waals surface area contributed by atoms with Gasteiger partial charge in [-0.1, -0.05) is 6.92 Å². The molecule has 0 saturated carbocycles. The molecule has 0 fully saturated rings. The second-order valence-corrected chi connectivity index (χ2v) is 5.15. The zero-order valence-corrected chi connectivity index (χ0v) is 12.4. The molecule has 1 aliphatic heterocycles. The molecule has 2 aromatic rings. The van der Waals surface area contributed by atoms with Crippen LogP contribution in [-0.4, -0.2) is 19.8 Å². The summed E-state index contributed by atoms with van der Waals surface area (Å²) in [5.41, 5.74) is 1.01. The predicted molar refractivity (Wildman–Crippen MR) is 81.7 cm³/mol. The summed E-state index contributed by atoms with van der Waals surface area (Å²) in [6.07, 6.45) is 2.04. The van der Waals surface area contributed by atoms with Gasteiger partial charge in [-0.05, 0) is 43.3 Å². The smallest absolute Gasteiger partial charge is 0.161 e. The summed E-state index contributed by atoms with van der Waals surface area (Å²) >= 11 is 0. The standard InChI is InChI=1S/C17H21NO3/c1-2-8-18-12-14-5-7-15(21-14)13-4-6-16-17(11-13)20-10-3-9-19-16/h4-7,11,18H,2-3,8-10,12H2,1H3. The molecule has 112 valence electrons. The molecule has 1 aromatic carbocycles. The van der Waals surface area contributed by atoms with Crippen LogP contribution in [0.25, 0.3) is 11.3 Å². The van der Waals surface area contributed by atoms with Crippen LogP contribution < -0.4 is 14.8 Å². The zero-order valence-electron chi connectivity index (χ0n) is 12.4. The molecule has 0 atom stereocenters. The molecule has 4 nitrogen and oxygen atoms in total. The monoisotopic (exact) mass is 287 g/mol. The molecule has 1 N–H and O–H groups in total. The molecule has 1 aliphatic rings. The third-order valence-electron chi connectivity index (χ3n) is 3.42. The van der Waals surface area contributed by atoms with Crippen LogP contribution in [-0.2, 0) is 6.54 Å². The molecule has 0 unspecified atom stereocenters. The first-order valence-electron chi connectivity index (χ1n) is 7.56. The van der Waals surface area contributed by atoms with E-state index in [1.165, 1.54) is 0 Å². The Hall–Kier alpha value is -1.94. The summed E-state index contributed by atoms with van der Waals surface area (Å²) in [5.74, 6) is 3.42. The lowest BCUT2D eigenvalue weighted by Crippen LogP contribution is -2.12. The van der Waals surface area contributed by atoms with Gasteiger partial charge in [-0.15, -0.1) is 0 Å². The largest absolute Gasteiger partial charge is 0.490 e. The molecule has 1 aromatic heterocycles. The van der Waals surface area contributed by atoms with E-state index in [1.54, 1.807) is 0 Å². The van der Waals surface area contributed by atoms with Gasteiger partial charge in [-0.25, -0.2) is 0 Å². The van der Waals surface area contributed by atoms with Crippen LogP contribution in [0, 0.1) is 0 Å². The van der Waals surface area contributed by atoms with E-state index in [4.69, 9.17) is 13.9 Å². The van der Waals surface area contributed by atoms with Crippen molar-refractivity contribution in [1.29, 1.82) is 0 Å². The Bertz CT molecular complexity index is 591. The summed E-state index contributed by atoms with van der Waals surface area (Å²) in [6, 6.07) is 9.97. The van der Waals surface area contributed by atoms with Gasteiger partial charge < -0.3 is 19.2 Å². The molecule has 0 amide bonds. The number of hydrogen-bond donors (Lipinski definition) is 1. The number of nitrogens with one attached hydrogen (secondary N) is 1. The lowest BCUT2D eigenvalue weighted by Gasteiger charge is -2.08. The minimum atomic E-state index is 0.695. The average Bonchev–Trinajstić information content (AvgIpc) is 2.85. The molecule has 0 aliphatic carbocycles. The van der Waals surface area contributed by atoms with Crippen LogP contribution >= 0.6 is 0 Å². The normalized spacial score (nSPS) is 14.0. The van der Waals surface area contributed by atoms with Crippen molar-refractivity contribution in [1.82, 2.24) is 5.32 Å². The highest BCUT2D eigenvalue weighted by atomic mass is 16.5. The third-order valence-corrected chi connectivity index (χ3v) is 3.42. The highest BCUT2D eigenvalue weighted by Crippen LogP contribution is 2.34. The van der Waals surface area contributed by atoms with Crippen molar-refractivity contribution in [2.75, 3.05) is 19.8 Å². The maximum absolute atomic E-state index is 5.88. The quantitative estimate of drug-likeness (QED) is 0.853. The summed E-state index contributed by atoms with van der Waals surface area (Å²) in [5, 5.41) is 3.34. The van der Waals surface area contributed by atoms with E-state index in [0.29, 0.717) is 13.2 Å². The van der Waals surface area contributed by atoms with E-state index < -0.39 is 0 Å². The lowest BCUT2D eigenvalue weighted by molar-refractivity contribution is 0.297. The van der Waals surface area contributed by atoms with Crippen molar-refractivity contribution in [3.8, 4) is 22.8 Å². The van der Waals surface area contributed by atoms with Gasteiger partial charge in [0.1, 0.15) is 11.5 Å². The van der Waals surface area contributed by atoms with Crippen molar-refractivity contribution in [2.24, 2.45) is 0 Å². The molecule has 4 heteroatoms. The summed E-state index contributed by atoms with van der Waals surface area (Å²) in [6.45, 7) is 5.32. The Balaban J connectivity index is 1.76. The first-order chi connectivity index (χ1) is 10.4. The van der Waals surface area contributed by atoms with Crippen LogP contribution in [0.15, 0.2) is 34.7 Å². The Labute approximate surface area is 125 Å². The molecule has 3 rings (SSSR count). The highest BCUT2D eigenvalue weighted by molar-refractivity contribution is 5.63. The number of benzene rings is 1. The minimum absolute atomic E-state index is 0.695. The number of ether oxygens (including phenoxy) is 2. The Morgan fingerprint density at radius 1 is 1.05 bits per heavy atom. The van der Waals surface area contributed by atoms with E-state index in [2.05, 4.69) is 12.2 Å². The molecule has 0 saturated heterocycles. The van der Waals surface area contributed by atoms with Crippen molar-refractivity contribution in [3.05, 3.63) is 36.1 Å². The summed E-state index contributed by atoms with van der Waals surface area (Å²) < 4.78 is 17.2. The first-order valence-corrected chi connectivity index (χ1v) is 7.56. The fraction of sp³-hybridized carbons (Fsp3) is 0.412. The Morgan fingerprint density at radius 3 is 2.76 bits per heavy atom. The van der Waals surface area contributed by atoms with Crippen LogP contribution in [0.5, 0.6) is 11.5 Å². The van der Waals surface area contributed by atoms with Gasteiger partial charge >= 0.3 is 0 Å². The van der Waals surface area contributed by atoms with Gasteiger partial charge in [-0.2, -0.15) is 0 Å². The van der Waals surface area contributed by atoms with Crippen LogP contribution in [0.1, 0.15) is 25.5 Å². The minimum Gasteiger partial charge on any atom is -0.490 e. The lowest BCUT2D eigenvalue weighted by atomic mass is 10.1. The van der Waals surface area contributed by atoms with Crippen molar-refractivity contribution < 1.29 is 13.9 Å². The zero-order chi connectivity index (χ0) is 14.5. The fourth-order valence-electron chi connectivity index (χ4n) is 2.33. The van der Waals surface area contributed by atoms with Crippen molar-refractivity contribution >= 4 is 0 Å². The third kappa shape index (κ3) is 3.39.